The van der Waals surface area contributed by atoms with Crippen LogP contribution < -0.4 is 10.9 Å². The van der Waals surface area contributed by atoms with Crippen LogP contribution in [0.2, 0.25) is 0 Å². The molecule has 0 aliphatic carbocycles. The van der Waals surface area contributed by atoms with Gasteiger partial charge in [-0.3, -0.25) is 4.79 Å². The number of hydrogen-bond acceptors (Lipinski definition) is 4. The Kier molecular flexibility index (Phi) is 2.68. The Morgan fingerprint density at radius 1 is 1.40 bits per heavy atom. The third kappa shape index (κ3) is 1.99. The zero-order chi connectivity index (χ0) is 10.8. The second-order valence-corrected chi connectivity index (χ2v) is 3.61. The van der Waals surface area contributed by atoms with E-state index in [0.717, 1.165) is 25.9 Å². The molecule has 0 aromatic carbocycles. The number of aromatic amines is 1. The quantitative estimate of drug-likeness (QED) is 0.617. The van der Waals surface area contributed by atoms with Gasteiger partial charge < -0.3 is 15.4 Å². The van der Waals surface area contributed by atoms with E-state index < -0.39 is 17.3 Å². The van der Waals surface area contributed by atoms with Gasteiger partial charge in [0.25, 0.3) is 11.4 Å². The average Bonchev–Trinajstić information content (AvgIpc) is 2.26. The minimum absolute atomic E-state index is 0.0884. The predicted octanol–water partition coefficient (Wildman–Crippen LogP) is 0.0816. The van der Waals surface area contributed by atoms with Crippen LogP contribution >= 0.6 is 0 Å². The SMILES string of the molecule is O=c1[nH]c(C2CCNCC2)nc(O)c1F. The first-order valence-corrected chi connectivity index (χ1v) is 4.88. The molecule has 82 valence electrons. The maximum absolute atomic E-state index is 12.8. The molecular weight excluding hydrogens is 201 g/mol. The van der Waals surface area contributed by atoms with Crippen molar-refractivity contribution in [3.63, 3.8) is 0 Å². The molecule has 2 heterocycles. The predicted molar refractivity (Wildman–Crippen MR) is 51.3 cm³/mol. The Bertz CT molecular complexity index is 412. The minimum atomic E-state index is -1.22. The molecule has 0 radical (unpaired) electrons. The van der Waals surface area contributed by atoms with E-state index in [-0.39, 0.29) is 5.92 Å². The van der Waals surface area contributed by atoms with Crippen LogP contribution in [0.15, 0.2) is 4.79 Å². The molecule has 0 spiro atoms. The van der Waals surface area contributed by atoms with Crippen molar-refractivity contribution in [3.8, 4) is 5.88 Å². The molecule has 1 aliphatic heterocycles. The monoisotopic (exact) mass is 213 g/mol. The van der Waals surface area contributed by atoms with Gasteiger partial charge in [0, 0.05) is 5.92 Å². The van der Waals surface area contributed by atoms with E-state index in [9.17, 15) is 9.18 Å². The number of nitrogens with zero attached hydrogens (tertiary/aromatic N) is 1. The number of halogens is 1. The summed E-state index contributed by atoms with van der Waals surface area (Å²) in [6.45, 7) is 1.68. The smallest absolute Gasteiger partial charge is 0.291 e. The van der Waals surface area contributed by atoms with Crippen molar-refractivity contribution in [1.82, 2.24) is 15.3 Å². The van der Waals surface area contributed by atoms with E-state index in [1.54, 1.807) is 0 Å². The number of nitrogens with one attached hydrogen (secondary N) is 2. The lowest BCUT2D eigenvalue weighted by atomic mass is 9.97. The van der Waals surface area contributed by atoms with Gasteiger partial charge in [0.1, 0.15) is 5.82 Å². The highest BCUT2D eigenvalue weighted by molar-refractivity contribution is 5.12. The highest BCUT2D eigenvalue weighted by Gasteiger charge is 2.20. The molecule has 1 aliphatic rings. The summed E-state index contributed by atoms with van der Waals surface area (Å²) in [4.78, 5) is 17.1. The van der Waals surface area contributed by atoms with Crippen LogP contribution in [0.4, 0.5) is 4.39 Å². The van der Waals surface area contributed by atoms with Gasteiger partial charge in [0.05, 0.1) is 0 Å². The zero-order valence-electron chi connectivity index (χ0n) is 8.09. The number of aromatic nitrogens is 2. The number of hydrogen-bond donors (Lipinski definition) is 3. The highest BCUT2D eigenvalue weighted by Crippen LogP contribution is 2.22. The van der Waals surface area contributed by atoms with E-state index in [1.807, 2.05) is 0 Å². The summed E-state index contributed by atoms with van der Waals surface area (Å²) in [6, 6.07) is 0. The van der Waals surface area contributed by atoms with E-state index in [2.05, 4.69) is 15.3 Å². The molecule has 5 nitrogen and oxygen atoms in total. The van der Waals surface area contributed by atoms with Gasteiger partial charge in [-0.1, -0.05) is 0 Å². The fourth-order valence-electron chi connectivity index (χ4n) is 1.75. The maximum Gasteiger partial charge on any atom is 0.291 e. The summed E-state index contributed by atoms with van der Waals surface area (Å²) in [7, 11) is 0. The number of H-pyrrole nitrogens is 1. The Morgan fingerprint density at radius 2 is 2.07 bits per heavy atom. The van der Waals surface area contributed by atoms with E-state index >= 15 is 0 Å². The topological polar surface area (TPSA) is 78.0 Å². The van der Waals surface area contributed by atoms with Gasteiger partial charge in [-0.25, -0.2) is 0 Å². The first kappa shape index (κ1) is 10.1. The van der Waals surface area contributed by atoms with Crippen molar-refractivity contribution in [2.45, 2.75) is 18.8 Å². The fraction of sp³-hybridized carbons (Fsp3) is 0.556. The summed E-state index contributed by atoms with van der Waals surface area (Å²) >= 11 is 0. The molecule has 1 aromatic rings. The molecule has 0 bridgehead atoms. The lowest BCUT2D eigenvalue weighted by molar-refractivity contribution is 0.386. The number of rotatable bonds is 1. The van der Waals surface area contributed by atoms with Crippen molar-refractivity contribution in [2.24, 2.45) is 0 Å². The summed E-state index contributed by atoms with van der Waals surface area (Å²) in [5.41, 5.74) is -0.906. The van der Waals surface area contributed by atoms with Gasteiger partial charge in [-0.2, -0.15) is 9.37 Å². The molecular formula is C9H12FN3O2. The average molecular weight is 213 g/mol. The van der Waals surface area contributed by atoms with Crippen LogP contribution in [0.3, 0.4) is 0 Å². The third-order valence-electron chi connectivity index (χ3n) is 2.59. The van der Waals surface area contributed by atoms with Crippen LogP contribution in [0.25, 0.3) is 0 Å². The van der Waals surface area contributed by atoms with E-state index in [0.29, 0.717) is 5.82 Å². The van der Waals surface area contributed by atoms with Crippen LogP contribution in [0.5, 0.6) is 5.88 Å². The molecule has 2 rings (SSSR count). The Morgan fingerprint density at radius 3 is 2.67 bits per heavy atom. The molecule has 0 saturated carbocycles. The summed E-state index contributed by atoms with van der Waals surface area (Å²) in [5.74, 6) is -1.56. The van der Waals surface area contributed by atoms with Gasteiger partial charge in [-0.05, 0) is 25.9 Å². The Labute approximate surface area is 85.4 Å². The van der Waals surface area contributed by atoms with Gasteiger partial charge >= 0.3 is 0 Å². The lowest BCUT2D eigenvalue weighted by Gasteiger charge is -2.21. The molecule has 1 saturated heterocycles. The van der Waals surface area contributed by atoms with Gasteiger partial charge in [0.15, 0.2) is 0 Å². The third-order valence-corrected chi connectivity index (χ3v) is 2.59. The summed E-state index contributed by atoms with van der Waals surface area (Å²) in [6.07, 6.45) is 1.65. The van der Waals surface area contributed by atoms with Crippen LogP contribution in [-0.2, 0) is 0 Å². The van der Waals surface area contributed by atoms with Crippen LogP contribution in [0.1, 0.15) is 24.6 Å². The normalized spacial score (nSPS) is 17.9. The molecule has 6 heteroatoms. The maximum atomic E-state index is 12.8. The summed E-state index contributed by atoms with van der Waals surface area (Å²) in [5, 5.41) is 12.3. The lowest BCUT2D eigenvalue weighted by Crippen LogP contribution is -2.29. The van der Waals surface area contributed by atoms with E-state index in [1.165, 1.54) is 0 Å². The standard InChI is InChI=1S/C9H12FN3O2/c10-6-8(14)12-7(13-9(6)15)5-1-3-11-4-2-5/h5,11H,1-4H2,(H2,12,13,14,15). The Hall–Kier alpha value is -1.43. The first-order chi connectivity index (χ1) is 7.18. The van der Waals surface area contributed by atoms with Crippen molar-refractivity contribution < 1.29 is 9.50 Å². The van der Waals surface area contributed by atoms with Crippen molar-refractivity contribution in [2.75, 3.05) is 13.1 Å². The second kappa shape index (κ2) is 3.98. The zero-order valence-corrected chi connectivity index (χ0v) is 8.09. The highest BCUT2D eigenvalue weighted by atomic mass is 19.1. The fourth-order valence-corrected chi connectivity index (χ4v) is 1.75. The van der Waals surface area contributed by atoms with E-state index in [4.69, 9.17) is 5.11 Å². The van der Waals surface area contributed by atoms with Gasteiger partial charge in [0.2, 0.25) is 5.82 Å². The van der Waals surface area contributed by atoms with Crippen molar-refractivity contribution in [3.05, 3.63) is 22.0 Å². The molecule has 1 fully saturated rings. The molecule has 15 heavy (non-hydrogen) atoms. The van der Waals surface area contributed by atoms with Crippen molar-refractivity contribution in [1.29, 1.82) is 0 Å². The minimum Gasteiger partial charge on any atom is -0.491 e. The van der Waals surface area contributed by atoms with Crippen LogP contribution in [-0.4, -0.2) is 28.2 Å². The molecule has 0 unspecified atom stereocenters. The number of aromatic hydroxyl groups is 1. The van der Waals surface area contributed by atoms with Crippen LogP contribution in [0, 0.1) is 5.82 Å². The molecule has 0 atom stereocenters. The number of piperidine rings is 1. The molecule has 1 aromatic heterocycles. The molecule has 3 N–H and O–H groups in total. The first-order valence-electron chi connectivity index (χ1n) is 4.88. The van der Waals surface area contributed by atoms with Crippen molar-refractivity contribution >= 4 is 0 Å². The molecule has 0 amide bonds. The summed E-state index contributed by atoms with van der Waals surface area (Å²) < 4.78 is 12.8. The Balaban J connectivity index is 2.32. The van der Waals surface area contributed by atoms with Gasteiger partial charge in [-0.15, -0.1) is 0 Å². The largest absolute Gasteiger partial charge is 0.491 e. The second-order valence-electron chi connectivity index (χ2n) is 3.61.